The molecule has 0 unspecified atom stereocenters. The molecule has 1 amide bonds. The van der Waals surface area contributed by atoms with Gasteiger partial charge in [-0.2, -0.15) is 0 Å². The smallest absolute Gasteiger partial charge is 0.268 e. The van der Waals surface area contributed by atoms with Gasteiger partial charge in [-0.3, -0.25) is 4.79 Å². The molecule has 0 atom stereocenters. The largest absolute Gasteiger partial charge is 0.487 e. The van der Waals surface area contributed by atoms with E-state index in [1.807, 2.05) is 30.3 Å². The normalized spacial score (nSPS) is 11.5. The van der Waals surface area contributed by atoms with E-state index >= 15 is 0 Å². The highest BCUT2D eigenvalue weighted by molar-refractivity contribution is 7.90. The van der Waals surface area contributed by atoms with Crippen molar-refractivity contribution in [1.29, 1.82) is 0 Å². The Morgan fingerprint density at radius 1 is 0.969 bits per heavy atom. The fraction of sp³-hybridized carbons (Fsp3) is 0.160. The number of hydrogen-bond donors (Lipinski definition) is 0. The highest BCUT2D eigenvalue weighted by Crippen LogP contribution is 2.28. The summed E-state index contributed by atoms with van der Waals surface area (Å²) in [6.07, 6.45) is 0. The standard InChI is InChI=1S/C25H24N2O4S/c1-18-8-4-7-11-25(18)32(29,30)27-22(16-20-9-5-6-10-24(20)27)17-31-23-14-12-21(13-15-23)26(3)19(2)28/h4-16H,17H2,1-3H3. The fourth-order valence-electron chi connectivity index (χ4n) is 3.62. The molecule has 0 radical (unpaired) electrons. The number of anilines is 1. The van der Waals surface area contributed by atoms with Crippen LogP contribution in [0.3, 0.4) is 0 Å². The molecule has 3 aromatic carbocycles. The van der Waals surface area contributed by atoms with Crippen molar-refractivity contribution in [2.75, 3.05) is 11.9 Å². The molecule has 0 fully saturated rings. The summed E-state index contributed by atoms with van der Waals surface area (Å²) in [6, 6.07) is 23.3. The van der Waals surface area contributed by atoms with E-state index in [0.717, 1.165) is 11.1 Å². The zero-order chi connectivity index (χ0) is 22.9. The molecular weight excluding hydrogens is 424 g/mol. The lowest BCUT2D eigenvalue weighted by Gasteiger charge is -2.16. The third-order valence-corrected chi connectivity index (χ3v) is 7.36. The van der Waals surface area contributed by atoms with Crippen LogP contribution in [-0.4, -0.2) is 25.3 Å². The van der Waals surface area contributed by atoms with Crippen LogP contribution in [0, 0.1) is 6.92 Å². The highest BCUT2D eigenvalue weighted by atomic mass is 32.2. The summed E-state index contributed by atoms with van der Waals surface area (Å²) in [6.45, 7) is 3.36. The van der Waals surface area contributed by atoms with Crippen LogP contribution in [0.15, 0.2) is 83.8 Å². The van der Waals surface area contributed by atoms with Crippen LogP contribution in [0.4, 0.5) is 5.69 Å². The van der Waals surface area contributed by atoms with Crippen LogP contribution in [-0.2, 0) is 21.4 Å². The van der Waals surface area contributed by atoms with Gasteiger partial charge in [0.2, 0.25) is 5.91 Å². The molecule has 164 valence electrons. The SMILES string of the molecule is CC(=O)N(C)c1ccc(OCc2cc3ccccc3n2S(=O)(=O)c2ccccc2C)cc1. The van der Waals surface area contributed by atoms with Gasteiger partial charge in [-0.1, -0.05) is 36.4 Å². The quantitative estimate of drug-likeness (QED) is 0.427. The third kappa shape index (κ3) is 3.99. The van der Waals surface area contributed by atoms with Crippen LogP contribution in [0.2, 0.25) is 0 Å². The maximum Gasteiger partial charge on any atom is 0.268 e. The minimum absolute atomic E-state index is 0.0652. The minimum Gasteiger partial charge on any atom is -0.487 e. The zero-order valence-electron chi connectivity index (χ0n) is 18.1. The molecule has 0 aliphatic carbocycles. The Kier molecular flexibility index (Phi) is 5.76. The number of nitrogens with zero attached hydrogens (tertiary/aromatic N) is 2. The van der Waals surface area contributed by atoms with Crippen molar-refractivity contribution in [2.24, 2.45) is 0 Å². The molecule has 0 saturated carbocycles. The third-order valence-electron chi connectivity index (χ3n) is 5.43. The first-order chi connectivity index (χ1) is 15.3. The van der Waals surface area contributed by atoms with E-state index in [1.165, 1.54) is 15.8 Å². The van der Waals surface area contributed by atoms with Gasteiger partial charge in [-0.25, -0.2) is 12.4 Å². The zero-order valence-corrected chi connectivity index (χ0v) is 19.0. The molecule has 1 heterocycles. The average molecular weight is 449 g/mol. The van der Waals surface area contributed by atoms with Crippen LogP contribution in [0.5, 0.6) is 5.75 Å². The lowest BCUT2D eigenvalue weighted by Crippen LogP contribution is -2.22. The second-order valence-corrected chi connectivity index (χ2v) is 9.35. The number of para-hydroxylation sites is 1. The molecule has 0 aliphatic heterocycles. The number of amides is 1. The van der Waals surface area contributed by atoms with Gasteiger partial charge in [-0.05, 0) is 55.0 Å². The first-order valence-electron chi connectivity index (χ1n) is 10.2. The maximum atomic E-state index is 13.6. The van der Waals surface area contributed by atoms with Gasteiger partial charge >= 0.3 is 0 Å². The molecule has 0 N–H and O–H groups in total. The number of fused-ring (bicyclic) bond motifs is 1. The van der Waals surface area contributed by atoms with E-state index < -0.39 is 10.0 Å². The van der Waals surface area contributed by atoms with E-state index in [1.54, 1.807) is 62.5 Å². The first kappa shape index (κ1) is 21.6. The summed E-state index contributed by atoms with van der Waals surface area (Å²) < 4.78 is 34.5. The van der Waals surface area contributed by atoms with E-state index in [-0.39, 0.29) is 17.4 Å². The predicted molar refractivity (Wildman–Crippen MR) is 126 cm³/mol. The summed E-state index contributed by atoms with van der Waals surface area (Å²) in [7, 11) is -2.12. The van der Waals surface area contributed by atoms with Gasteiger partial charge in [0, 0.05) is 25.0 Å². The summed E-state index contributed by atoms with van der Waals surface area (Å²) in [4.78, 5) is 13.3. The van der Waals surface area contributed by atoms with E-state index in [9.17, 15) is 13.2 Å². The lowest BCUT2D eigenvalue weighted by molar-refractivity contribution is -0.116. The van der Waals surface area contributed by atoms with E-state index in [2.05, 4.69) is 0 Å². The lowest BCUT2D eigenvalue weighted by atomic mass is 10.2. The molecule has 4 aromatic rings. The topological polar surface area (TPSA) is 68.6 Å². The summed E-state index contributed by atoms with van der Waals surface area (Å²) in [5.74, 6) is 0.514. The van der Waals surface area contributed by atoms with Crippen molar-refractivity contribution < 1.29 is 17.9 Å². The number of benzene rings is 3. The van der Waals surface area contributed by atoms with Crippen molar-refractivity contribution in [2.45, 2.75) is 25.3 Å². The number of hydrogen-bond acceptors (Lipinski definition) is 4. The van der Waals surface area contributed by atoms with Gasteiger partial charge < -0.3 is 9.64 Å². The molecule has 1 aromatic heterocycles. The van der Waals surface area contributed by atoms with Crippen molar-refractivity contribution in [1.82, 2.24) is 3.97 Å². The molecule has 0 bridgehead atoms. The fourth-order valence-corrected chi connectivity index (χ4v) is 5.38. The Morgan fingerprint density at radius 3 is 2.31 bits per heavy atom. The number of carbonyl (C=O) groups excluding carboxylic acids is 1. The monoisotopic (exact) mass is 448 g/mol. The number of aryl methyl sites for hydroxylation is 1. The second-order valence-electron chi connectivity index (χ2n) is 7.59. The minimum atomic E-state index is -3.82. The molecule has 0 spiro atoms. The van der Waals surface area contributed by atoms with Crippen molar-refractivity contribution in [3.8, 4) is 5.75 Å². The molecule has 4 rings (SSSR count). The molecule has 32 heavy (non-hydrogen) atoms. The van der Waals surface area contributed by atoms with Crippen LogP contribution >= 0.6 is 0 Å². The Bertz CT molecular complexity index is 1390. The van der Waals surface area contributed by atoms with Crippen molar-refractivity contribution in [3.05, 3.63) is 90.1 Å². The number of carbonyl (C=O) groups is 1. The van der Waals surface area contributed by atoms with Crippen molar-refractivity contribution in [3.63, 3.8) is 0 Å². The molecular formula is C25H24N2O4S. The van der Waals surface area contributed by atoms with Gasteiger partial charge in [-0.15, -0.1) is 0 Å². The highest BCUT2D eigenvalue weighted by Gasteiger charge is 2.24. The molecule has 0 saturated heterocycles. The number of ether oxygens (including phenoxy) is 1. The second kappa shape index (κ2) is 8.51. The molecule has 0 aliphatic rings. The number of aromatic nitrogens is 1. The Balaban J connectivity index is 1.70. The predicted octanol–water partition coefficient (Wildman–Crippen LogP) is 4.75. The number of rotatable bonds is 6. The van der Waals surface area contributed by atoms with Crippen LogP contribution in [0.25, 0.3) is 10.9 Å². The van der Waals surface area contributed by atoms with Crippen molar-refractivity contribution >= 4 is 32.5 Å². The van der Waals surface area contributed by atoms with E-state index in [0.29, 0.717) is 22.5 Å². The first-order valence-corrected chi connectivity index (χ1v) is 11.6. The van der Waals surface area contributed by atoms with Gasteiger partial charge in [0.05, 0.1) is 16.1 Å². The van der Waals surface area contributed by atoms with Gasteiger partial charge in [0.25, 0.3) is 10.0 Å². The maximum absolute atomic E-state index is 13.6. The van der Waals surface area contributed by atoms with Crippen LogP contribution in [0.1, 0.15) is 18.2 Å². The Labute approximate surface area is 187 Å². The Morgan fingerprint density at radius 2 is 1.62 bits per heavy atom. The van der Waals surface area contributed by atoms with Crippen LogP contribution < -0.4 is 9.64 Å². The Hall–Kier alpha value is -3.58. The average Bonchev–Trinajstić information content (AvgIpc) is 3.17. The van der Waals surface area contributed by atoms with Gasteiger partial charge in [0.1, 0.15) is 12.4 Å². The van der Waals surface area contributed by atoms with E-state index in [4.69, 9.17) is 4.74 Å². The summed E-state index contributed by atoms with van der Waals surface area (Å²) in [5, 5.41) is 0.821. The van der Waals surface area contributed by atoms with Gasteiger partial charge in [0.15, 0.2) is 0 Å². The molecule has 7 heteroatoms. The summed E-state index contributed by atoms with van der Waals surface area (Å²) >= 11 is 0. The molecule has 6 nitrogen and oxygen atoms in total. The summed E-state index contributed by atoms with van der Waals surface area (Å²) in [5.41, 5.74) is 2.57.